The van der Waals surface area contributed by atoms with Gasteiger partial charge in [0.1, 0.15) is 12.1 Å². The van der Waals surface area contributed by atoms with Crippen LogP contribution >= 0.6 is 0 Å². The summed E-state index contributed by atoms with van der Waals surface area (Å²) >= 11 is 0. The maximum Gasteiger partial charge on any atom is 0.127 e. The van der Waals surface area contributed by atoms with Crippen molar-refractivity contribution in [3.05, 3.63) is 0 Å². The first-order valence-electron chi connectivity index (χ1n) is 8.96. The fourth-order valence-corrected chi connectivity index (χ4v) is 2.93. The van der Waals surface area contributed by atoms with Gasteiger partial charge >= 0.3 is 0 Å². The number of aliphatic hydroxyl groups excluding tert-OH is 1. The minimum Gasteiger partial charge on any atom is -0.396 e. The van der Waals surface area contributed by atoms with Crippen molar-refractivity contribution in [3.8, 4) is 0 Å². The highest BCUT2D eigenvalue weighted by atomic mass is 16.2. The minimum atomic E-state index is 0.183. The van der Waals surface area contributed by atoms with Crippen molar-refractivity contribution >= 4 is 18.8 Å². The first kappa shape index (κ1) is 19.8. The Hall–Kier alpha value is -1.23. The summed E-state index contributed by atoms with van der Waals surface area (Å²) in [6, 6.07) is 0.540. The second-order valence-electron chi connectivity index (χ2n) is 6.96. The van der Waals surface area contributed by atoms with Crippen molar-refractivity contribution in [2.75, 3.05) is 13.2 Å². The van der Waals surface area contributed by atoms with Crippen LogP contribution < -0.4 is 0 Å². The van der Waals surface area contributed by atoms with Crippen molar-refractivity contribution in [1.82, 2.24) is 4.90 Å². The van der Waals surface area contributed by atoms with Crippen molar-refractivity contribution in [3.63, 3.8) is 0 Å². The Morgan fingerprint density at radius 3 is 2.61 bits per heavy atom. The largest absolute Gasteiger partial charge is 0.396 e. The number of aliphatic hydroxyl groups is 1. The summed E-state index contributed by atoms with van der Waals surface area (Å²) in [6.45, 7) is 9.00. The van der Waals surface area contributed by atoms with Crippen LogP contribution in [0.5, 0.6) is 0 Å². The van der Waals surface area contributed by atoms with E-state index < -0.39 is 0 Å². The van der Waals surface area contributed by atoms with E-state index in [1.54, 1.807) is 0 Å². The molecule has 0 aliphatic heterocycles. The molecule has 1 aliphatic rings. The monoisotopic (exact) mass is 323 g/mol. The Labute approximate surface area is 140 Å². The molecule has 1 aliphatic carbocycles. The van der Waals surface area contributed by atoms with Crippen LogP contribution in [0, 0.1) is 11.8 Å². The summed E-state index contributed by atoms with van der Waals surface area (Å²) in [5, 5.41) is 17.1. The van der Waals surface area contributed by atoms with E-state index in [2.05, 4.69) is 35.7 Å². The highest BCUT2D eigenvalue weighted by Crippen LogP contribution is 2.30. The van der Waals surface area contributed by atoms with Gasteiger partial charge in [0.25, 0.3) is 0 Å². The Morgan fingerprint density at radius 1 is 1.35 bits per heavy atom. The maximum atomic E-state index is 10.9. The van der Waals surface area contributed by atoms with Gasteiger partial charge in [0, 0.05) is 38.8 Å². The van der Waals surface area contributed by atoms with E-state index in [4.69, 9.17) is 5.11 Å². The zero-order valence-electron chi connectivity index (χ0n) is 14.8. The van der Waals surface area contributed by atoms with E-state index >= 15 is 0 Å². The SMILES string of the molecule is C=N/N=C(/CCCC(C)C)N(CC(CC=O)CCCO)C1CC1. The molecule has 1 N–H and O–H groups in total. The molecule has 0 amide bonds. The van der Waals surface area contributed by atoms with Gasteiger partial charge in [0.15, 0.2) is 0 Å². The van der Waals surface area contributed by atoms with E-state index in [0.717, 1.165) is 44.3 Å². The zero-order chi connectivity index (χ0) is 17.1. The van der Waals surface area contributed by atoms with Gasteiger partial charge in [0.2, 0.25) is 0 Å². The number of rotatable bonds is 13. The van der Waals surface area contributed by atoms with Gasteiger partial charge in [-0.15, -0.1) is 5.10 Å². The first-order chi connectivity index (χ1) is 11.1. The van der Waals surface area contributed by atoms with E-state index in [1.165, 1.54) is 19.3 Å². The molecule has 23 heavy (non-hydrogen) atoms. The second kappa shape index (κ2) is 11.3. The molecule has 0 heterocycles. The van der Waals surface area contributed by atoms with E-state index in [-0.39, 0.29) is 12.5 Å². The second-order valence-corrected chi connectivity index (χ2v) is 6.96. The van der Waals surface area contributed by atoms with E-state index in [9.17, 15) is 4.79 Å². The van der Waals surface area contributed by atoms with E-state index in [0.29, 0.717) is 18.4 Å². The zero-order valence-corrected chi connectivity index (χ0v) is 14.8. The molecular weight excluding hydrogens is 290 g/mol. The normalized spacial score (nSPS) is 16.4. The van der Waals surface area contributed by atoms with Gasteiger partial charge in [-0.1, -0.05) is 20.3 Å². The molecular formula is C18H33N3O2. The molecule has 0 radical (unpaired) electrons. The molecule has 5 nitrogen and oxygen atoms in total. The van der Waals surface area contributed by atoms with Crippen LogP contribution in [0.2, 0.25) is 0 Å². The number of carbonyl (C=O) groups is 1. The molecule has 0 aromatic rings. The number of hydrogen-bond acceptors (Lipinski definition) is 4. The molecule has 1 unspecified atom stereocenters. The van der Waals surface area contributed by atoms with Gasteiger partial charge in [-0.2, -0.15) is 5.10 Å². The molecule has 0 saturated heterocycles. The van der Waals surface area contributed by atoms with Gasteiger partial charge in [-0.3, -0.25) is 0 Å². The molecule has 0 aromatic carbocycles. The lowest BCUT2D eigenvalue weighted by Crippen LogP contribution is -2.37. The topological polar surface area (TPSA) is 65.3 Å². The number of aldehydes is 1. The fraction of sp³-hybridized carbons (Fsp3) is 0.833. The van der Waals surface area contributed by atoms with Crippen LogP contribution in [0.4, 0.5) is 0 Å². The third-order valence-corrected chi connectivity index (χ3v) is 4.34. The molecule has 0 spiro atoms. The third kappa shape index (κ3) is 8.26. The Kier molecular flexibility index (Phi) is 9.76. The van der Waals surface area contributed by atoms with Crippen LogP contribution in [-0.2, 0) is 4.79 Å². The first-order valence-corrected chi connectivity index (χ1v) is 8.96. The highest BCUT2D eigenvalue weighted by molar-refractivity contribution is 5.83. The predicted molar refractivity (Wildman–Crippen MR) is 95.9 cm³/mol. The van der Waals surface area contributed by atoms with Crippen LogP contribution in [0.3, 0.4) is 0 Å². The molecule has 0 aromatic heterocycles. The summed E-state index contributed by atoms with van der Waals surface area (Å²) in [6.07, 6.45) is 8.74. The van der Waals surface area contributed by atoms with Crippen molar-refractivity contribution in [2.45, 2.75) is 71.3 Å². The van der Waals surface area contributed by atoms with E-state index in [1.807, 2.05) is 0 Å². The summed E-state index contributed by atoms with van der Waals surface area (Å²) in [4.78, 5) is 13.3. The van der Waals surface area contributed by atoms with Gasteiger partial charge in [0.05, 0.1) is 0 Å². The lowest BCUT2D eigenvalue weighted by Gasteiger charge is -2.29. The molecule has 0 bridgehead atoms. The molecule has 1 saturated carbocycles. The molecule has 1 atom stereocenters. The summed E-state index contributed by atoms with van der Waals surface area (Å²) < 4.78 is 0. The summed E-state index contributed by atoms with van der Waals surface area (Å²) in [5.74, 6) is 1.98. The molecule has 1 fully saturated rings. The number of amidine groups is 1. The summed E-state index contributed by atoms with van der Waals surface area (Å²) in [5.41, 5.74) is 0. The van der Waals surface area contributed by atoms with Crippen molar-refractivity contribution in [1.29, 1.82) is 0 Å². The molecule has 1 rings (SSSR count). The lowest BCUT2D eigenvalue weighted by molar-refractivity contribution is -0.108. The number of hydrogen-bond donors (Lipinski definition) is 1. The van der Waals surface area contributed by atoms with Crippen LogP contribution in [0.25, 0.3) is 0 Å². The molecule has 5 heteroatoms. The Morgan fingerprint density at radius 2 is 2.09 bits per heavy atom. The average Bonchev–Trinajstić information content (AvgIpc) is 3.33. The summed E-state index contributed by atoms with van der Waals surface area (Å²) in [7, 11) is 0. The highest BCUT2D eigenvalue weighted by Gasteiger charge is 2.32. The van der Waals surface area contributed by atoms with Crippen LogP contribution in [-0.4, -0.2) is 48.0 Å². The van der Waals surface area contributed by atoms with Crippen molar-refractivity contribution in [2.24, 2.45) is 22.0 Å². The smallest absolute Gasteiger partial charge is 0.127 e. The minimum absolute atomic E-state index is 0.183. The van der Waals surface area contributed by atoms with Gasteiger partial charge in [-0.25, -0.2) is 0 Å². The molecule has 132 valence electrons. The average molecular weight is 323 g/mol. The Bertz CT molecular complexity index is 378. The maximum absolute atomic E-state index is 10.9. The fourth-order valence-electron chi connectivity index (χ4n) is 2.93. The quantitative estimate of drug-likeness (QED) is 0.245. The van der Waals surface area contributed by atoms with Crippen LogP contribution in [0.1, 0.15) is 65.2 Å². The predicted octanol–water partition coefficient (Wildman–Crippen LogP) is 3.27. The lowest BCUT2D eigenvalue weighted by atomic mass is 9.98. The van der Waals surface area contributed by atoms with Crippen molar-refractivity contribution < 1.29 is 9.90 Å². The third-order valence-electron chi connectivity index (χ3n) is 4.34. The van der Waals surface area contributed by atoms with Gasteiger partial charge < -0.3 is 14.8 Å². The number of nitrogens with zero attached hydrogens (tertiary/aromatic N) is 3. The number of carbonyl (C=O) groups excluding carboxylic acids is 1. The van der Waals surface area contributed by atoms with Crippen LogP contribution in [0.15, 0.2) is 10.2 Å². The standard InChI is InChI=1S/C18H33N3O2/c1-15(2)6-4-8-18(20-19-3)21(17-9-10-17)14-16(11-13-23)7-5-12-22/h13,15-17,22H,3-12,14H2,1-2H3/b20-18-. The van der Waals surface area contributed by atoms with Gasteiger partial charge in [-0.05, 0) is 43.9 Å². The Balaban J connectivity index is 2.69.